The SMILES string of the molecule is COC(=O)CNC(=O)NCCc1ccccc1OC. The summed E-state index contributed by atoms with van der Waals surface area (Å²) in [5.74, 6) is 0.305. The minimum Gasteiger partial charge on any atom is -0.496 e. The average molecular weight is 266 g/mol. The summed E-state index contributed by atoms with van der Waals surface area (Å²) in [5.41, 5.74) is 1.01. The molecule has 104 valence electrons. The van der Waals surface area contributed by atoms with Gasteiger partial charge in [0, 0.05) is 6.54 Å². The van der Waals surface area contributed by atoms with Crippen molar-refractivity contribution in [2.24, 2.45) is 0 Å². The van der Waals surface area contributed by atoms with E-state index in [1.165, 1.54) is 7.11 Å². The van der Waals surface area contributed by atoms with Crippen molar-refractivity contribution < 1.29 is 19.1 Å². The number of carbonyl (C=O) groups excluding carboxylic acids is 2. The number of ether oxygens (including phenoxy) is 2. The summed E-state index contributed by atoms with van der Waals surface area (Å²) in [5, 5.41) is 5.04. The van der Waals surface area contributed by atoms with E-state index >= 15 is 0 Å². The van der Waals surface area contributed by atoms with Gasteiger partial charge in [-0.3, -0.25) is 4.79 Å². The third-order valence-electron chi connectivity index (χ3n) is 2.49. The van der Waals surface area contributed by atoms with Gasteiger partial charge < -0.3 is 20.1 Å². The van der Waals surface area contributed by atoms with Gasteiger partial charge in [0.2, 0.25) is 0 Å². The standard InChI is InChI=1S/C13H18N2O4/c1-18-11-6-4-3-5-10(11)7-8-14-13(17)15-9-12(16)19-2/h3-6H,7-9H2,1-2H3,(H2,14,15,17). The summed E-state index contributed by atoms with van der Waals surface area (Å²) in [6.45, 7) is 0.310. The predicted molar refractivity (Wildman–Crippen MR) is 70.1 cm³/mol. The van der Waals surface area contributed by atoms with Crippen LogP contribution in [0.15, 0.2) is 24.3 Å². The summed E-state index contributed by atoms with van der Waals surface area (Å²) in [6, 6.07) is 7.20. The summed E-state index contributed by atoms with van der Waals surface area (Å²) in [6.07, 6.45) is 0.648. The number of urea groups is 1. The molecule has 0 fully saturated rings. The number of nitrogens with one attached hydrogen (secondary N) is 2. The molecule has 2 amide bonds. The van der Waals surface area contributed by atoms with E-state index in [2.05, 4.69) is 15.4 Å². The first-order valence-corrected chi connectivity index (χ1v) is 5.87. The maximum Gasteiger partial charge on any atom is 0.325 e. The van der Waals surface area contributed by atoms with Crippen LogP contribution in [0.2, 0.25) is 0 Å². The van der Waals surface area contributed by atoms with Gasteiger partial charge in [-0.2, -0.15) is 0 Å². The van der Waals surface area contributed by atoms with E-state index in [-0.39, 0.29) is 6.54 Å². The van der Waals surface area contributed by atoms with Crippen molar-refractivity contribution in [3.05, 3.63) is 29.8 Å². The van der Waals surface area contributed by atoms with Crippen LogP contribution in [0.3, 0.4) is 0 Å². The Morgan fingerprint density at radius 2 is 1.89 bits per heavy atom. The molecule has 2 N–H and O–H groups in total. The van der Waals surface area contributed by atoms with Gasteiger partial charge in [-0.05, 0) is 18.1 Å². The van der Waals surface area contributed by atoms with E-state index in [1.807, 2.05) is 24.3 Å². The second kappa shape index (κ2) is 7.97. The normalized spacial score (nSPS) is 9.58. The fourth-order valence-corrected chi connectivity index (χ4v) is 1.51. The fourth-order valence-electron chi connectivity index (χ4n) is 1.51. The van der Waals surface area contributed by atoms with Crippen LogP contribution < -0.4 is 15.4 Å². The summed E-state index contributed by atoms with van der Waals surface area (Å²) >= 11 is 0. The number of hydrogen-bond donors (Lipinski definition) is 2. The van der Waals surface area contributed by atoms with Crippen molar-refractivity contribution in [3.8, 4) is 5.75 Å². The smallest absolute Gasteiger partial charge is 0.325 e. The first-order chi connectivity index (χ1) is 9.17. The van der Waals surface area contributed by atoms with Crippen LogP contribution in [-0.4, -0.2) is 39.3 Å². The van der Waals surface area contributed by atoms with E-state index < -0.39 is 12.0 Å². The number of para-hydroxylation sites is 1. The Hall–Kier alpha value is -2.24. The van der Waals surface area contributed by atoms with Gasteiger partial charge >= 0.3 is 12.0 Å². The quantitative estimate of drug-likeness (QED) is 0.743. The molecule has 0 aliphatic carbocycles. The molecule has 19 heavy (non-hydrogen) atoms. The number of hydrogen-bond acceptors (Lipinski definition) is 4. The Balaban J connectivity index is 2.30. The van der Waals surface area contributed by atoms with Crippen molar-refractivity contribution in [2.45, 2.75) is 6.42 Å². The molecule has 0 aliphatic heterocycles. The van der Waals surface area contributed by atoms with Crippen LogP contribution in [0.1, 0.15) is 5.56 Å². The highest BCUT2D eigenvalue weighted by atomic mass is 16.5. The Morgan fingerprint density at radius 1 is 1.16 bits per heavy atom. The molecule has 0 atom stereocenters. The van der Waals surface area contributed by atoms with Gasteiger partial charge in [0.1, 0.15) is 12.3 Å². The second-order valence-electron chi connectivity index (χ2n) is 3.75. The lowest BCUT2D eigenvalue weighted by atomic mass is 10.1. The maximum absolute atomic E-state index is 11.3. The average Bonchev–Trinajstić information content (AvgIpc) is 2.45. The molecule has 0 unspecified atom stereocenters. The first-order valence-electron chi connectivity index (χ1n) is 5.87. The van der Waals surface area contributed by atoms with Crippen molar-refractivity contribution in [3.63, 3.8) is 0 Å². The van der Waals surface area contributed by atoms with Gasteiger partial charge in [0.25, 0.3) is 0 Å². The molecular formula is C13H18N2O4. The molecule has 0 heterocycles. The zero-order valence-electron chi connectivity index (χ0n) is 11.1. The molecule has 0 saturated carbocycles. The summed E-state index contributed by atoms with van der Waals surface area (Å²) < 4.78 is 9.61. The van der Waals surface area contributed by atoms with Gasteiger partial charge in [-0.25, -0.2) is 4.79 Å². The van der Waals surface area contributed by atoms with Gasteiger partial charge in [0.05, 0.1) is 14.2 Å². The molecule has 1 aromatic rings. The van der Waals surface area contributed by atoms with E-state index in [0.717, 1.165) is 11.3 Å². The molecule has 0 spiro atoms. The lowest BCUT2D eigenvalue weighted by molar-refractivity contribution is -0.139. The molecule has 0 aromatic heterocycles. The summed E-state index contributed by atoms with van der Waals surface area (Å²) in [7, 11) is 2.87. The number of amides is 2. The van der Waals surface area contributed by atoms with Crippen LogP contribution in [0, 0.1) is 0 Å². The monoisotopic (exact) mass is 266 g/mol. The molecule has 1 aromatic carbocycles. The van der Waals surface area contributed by atoms with Crippen LogP contribution in [-0.2, 0) is 16.0 Å². The Kier molecular flexibility index (Phi) is 6.21. The van der Waals surface area contributed by atoms with Crippen LogP contribution in [0.5, 0.6) is 5.75 Å². The highest BCUT2D eigenvalue weighted by molar-refractivity contribution is 5.80. The van der Waals surface area contributed by atoms with Gasteiger partial charge in [-0.15, -0.1) is 0 Å². The number of carbonyl (C=O) groups is 2. The molecule has 0 bridgehead atoms. The van der Waals surface area contributed by atoms with E-state index in [1.54, 1.807) is 7.11 Å². The van der Waals surface area contributed by atoms with Gasteiger partial charge in [-0.1, -0.05) is 18.2 Å². The fraction of sp³-hybridized carbons (Fsp3) is 0.385. The number of esters is 1. The second-order valence-corrected chi connectivity index (χ2v) is 3.75. The Morgan fingerprint density at radius 3 is 2.58 bits per heavy atom. The molecule has 1 rings (SSSR count). The van der Waals surface area contributed by atoms with Crippen molar-refractivity contribution >= 4 is 12.0 Å². The van der Waals surface area contributed by atoms with Gasteiger partial charge in [0.15, 0.2) is 0 Å². The first kappa shape index (κ1) is 14.8. The van der Waals surface area contributed by atoms with Crippen LogP contribution >= 0.6 is 0 Å². The number of methoxy groups -OCH3 is 2. The molecule has 6 nitrogen and oxygen atoms in total. The molecular weight excluding hydrogens is 248 g/mol. The molecule has 0 aliphatic rings. The Labute approximate surface area is 112 Å². The lowest BCUT2D eigenvalue weighted by Crippen LogP contribution is -2.39. The van der Waals surface area contributed by atoms with E-state index in [9.17, 15) is 9.59 Å². The molecule has 6 heteroatoms. The van der Waals surface area contributed by atoms with Crippen molar-refractivity contribution in [1.82, 2.24) is 10.6 Å². The highest BCUT2D eigenvalue weighted by Crippen LogP contribution is 2.16. The Bertz CT molecular complexity index is 434. The van der Waals surface area contributed by atoms with Crippen LogP contribution in [0.4, 0.5) is 4.79 Å². The lowest BCUT2D eigenvalue weighted by Gasteiger charge is -2.09. The molecule has 0 radical (unpaired) electrons. The highest BCUT2D eigenvalue weighted by Gasteiger charge is 2.05. The van der Waals surface area contributed by atoms with Crippen molar-refractivity contribution in [1.29, 1.82) is 0 Å². The summed E-state index contributed by atoms with van der Waals surface area (Å²) in [4.78, 5) is 22.2. The topological polar surface area (TPSA) is 76.7 Å². The van der Waals surface area contributed by atoms with E-state index in [4.69, 9.17) is 4.74 Å². The largest absolute Gasteiger partial charge is 0.496 e. The maximum atomic E-state index is 11.3. The molecule has 0 saturated heterocycles. The van der Waals surface area contributed by atoms with E-state index in [0.29, 0.717) is 13.0 Å². The number of benzene rings is 1. The minimum atomic E-state index is -0.486. The zero-order chi connectivity index (χ0) is 14.1. The zero-order valence-corrected chi connectivity index (χ0v) is 11.1. The van der Waals surface area contributed by atoms with Crippen molar-refractivity contribution in [2.75, 3.05) is 27.3 Å². The third-order valence-corrected chi connectivity index (χ3v) is 2.49. The minimum absolute atomic E-state index is 0.142. The number of rotatable bonds is 6. The van der Waals surface area contributed by atoms with Crippen LogP contribution in [0.25, 0.3) is 0 Å². The third kappa shape index (κ3) is 5.29. The predicted octanol–water partition coefficient (Wildman–Crippen LogP) is 0.710.